The van der Waals surface area contributed by atoms with Crippen LogP contribution >= 0.6 is 11.3 Å². The second kappa shape index (κ2) is 6.08. The van der Waals surface area contributed by atoms with Gasteiger partial charge in [0.15, 0.2) is 10.9 Å². The predicted octanol–water partition coefficient (Wildman–Crippen LogP) is 3.51. The number of hydrogen-bond acceptors (Lipinski definition) is 5. The third-order valence-corrected chi connectivity index (χ3v) is 4.43. The molecular weight excluding hydrogens is 319 g/mol. The number of fused-ring (bicyclic) bond motifs is 1. The minimum absolute atomic E-state index is 0.0980. The molecule has 1 aliphatic rings. The van der Waals surface area contributed by atoms with Crippen LogP contribution < -0.4 is 10.1 Å². The maximum absolute atomic E-state index is 13.9. The number of nitrogens with one attached hydrogen (secondary N) is 1. The Bertz CT molecular complexity index is 788. The summed E-state index contributed by atoms with van der Waals surface area (Å²) in [7, 11) is 0. The molecule has 1 aromatic carbocycles. The highest BCUT2D eigenvalue weighted by Crippen LogP contribution is 2.40. The predicted molar refractivity (Wildman–Crippen MR) is 84.5 cm³/mol. The van der Waals surface area contributed by atoms with Crippen molar-refractivity contribution in [1.82, 2.24) is 4.98 Å². The Balaban J connectivity index is 1.78. The van der Waals surface area contributed by atoms with Crippen molar-refractivity contribution in [3.05, 3.63) is 40.2 Å². The summed E-state index contributed by atoms with van der Waals surface area (Å²) in [6.45, 7) is 3.39. The summed E-state index contributed by atoms with van der Waals surface area (Å²) in [5, 5.41) is 4.85. The molecule has 1 heterocycles. The maximum Gasteiger partial charge on any atom is 0.223 e. The molecule has 0 bridgehead atoms. The molecule has 3 rings (SSSR count). The standard InChI is InChI=1S/C16H15FN2O3S/c1-8-5-12(21)15-13(4-3-11(17)14(8)15)22-6-10-7-23-16(19-10)18-9(2)20/h3-4,7-8H,5-6H2,1-2H3,(H,18,19,20)/t8-/m1/s1. The van der Waals surface area contributed by atoms with E-state index in [4.69, 9.17) is 4.74 Å². The molecule has 5 nitrogen and oxygen atoms in total. The lowest BCUT2D eigenvalue weighted by atomic mass is 10.0. The first kappa shape index (κ1) is 15.6. The molecule has 0 spiro atoms. The van der Waals surface area contributed by atoms with Crippen LogP contribution in [0.2, 0.25) is 0 Å². The first-order valence-electron chi connectivity index (χ1n) is 7.16. The number of ketones is 1. The molecule has 1 N–H and O–H groups in total. The van der Waals surface area contributed by atoms with Gasteiger partial charge in [0.2, 0.25) is 5.91 Å². The van der Waals surface area contributed by atoms with Gasteiger partial charge in [-0.1, -0.05) is 6.92 Å². The summed E-state index contributed by atoms with van der Waals surface area (Å²) in [4.78, 5) is 27.3. The van der Waals surface area contributed by atoms with Crippen LogP contribution in [0.15, 0.2) is 17.5 Å². The SMILES string of the molecule is CC(=O)Nc1nc(COc2ccc(F)c3c2C(=O)C[C@H]3C)cs1. The number of aromatic nitrogens is 1. The quantitative estimate of drug-likeness (QED) is 0.929. The van der Waals surface area contributed by atoms with E-state index < -0.39 is 0 Å². The Morgan fingerprint density at radius 1 is 1.52 bits per heavy atom. The van der Waals surface area contributed by atoms with Crippen molar-refractivity contribution < 1.29 is 18.7 Å². The Labute approximate surface area is 136 Å². The fourth-order valence-electron chi connectivity index (χ4n) is 2.68. The second-order valence-electron chi connectivity index (χ2n) is 5.48. The maximum atomic E-state index is 13.9. The number of Topliss-reactive ketones (excluding diaryl/α,β-unsaturated/α-hetero) is 1. The third kappa shape index (κ3) is 3.10. The summed E-state index contributed by atoms with van der Waals surface area (Å²) in [6, 6.07) is 2.80. The molecule has 0 saturated heterocycles. The van der Waals surface area contributed by atoms with E-state index in [0.29, 0.717) is 34.1 Å². The Hall–Kier alpha value is -2.28. The number of hydrogen-bond donors (Lipinski definition) is 1. The number of halogens is 1. The zero-order valence-electron chi connectivity index (χ0n) is 12.7. The first-order chi connectivity index (χ1) is 11.0. The lowest BCUT2D eigenvalue weighted by Crippen LogP contribution is -2.06. The third-order valence-electron chi connectivity index (χ3n) is 3.63. The summed E-state index contributed by atoms with van der Waals surface area (Å²) in [5.41, 5.74) is 1.41. The van der Waals surface area contributed by atoms with Gasteiger partial charge in [0.25, 0.3) is 0 Å². The molecule has 0 aliphatic heterocycles. The van der Waals surface area contributed by atoms with Crippen LogP contribution in [0.3, 0.4) is 0 Å². The number of ether oxygens (including phenoxy) is 1. The smallest absolute Gasteiger partial charge is 0.223 e. The molecule has 2 aromatic rings. The summed E-state index contributed by atoms with van der Waals surface area (Å²) in [5.74, 6) is -0.411. The van der Waals surface area contributed by atoms with E-state index in [1.54, 1.807) is 5.38 Å². The molecule has 1 aromatic heterocycles. The van der Waals surface area contributed by atoms with Gasteiger partial charge in [-0.25, -0.2) is 9.37 Å². The van der Waals surface area contributed by atoms with Gasteiger partial charge in [-0.15, -0.1) is 11.3 Å². The number of nitrogens with zero attached hydrogens (tertiary/aromatic N) is 1. The zero-order valence-corrected chi connectivity index (χ0v) is 13.5. The van der Waals surface area contributed by atoms with Gasteiger partial charge in [-0.05, 0) is 18.1 Å². The van der Waals surface area contributed by atoms with Crippen molar-refractivity contribution in [2.75, 3.05) is 5.32 Å². The molecule has 120 valence electrons. The summed E-state index contributed by atoms with van der Waals surface area (Å²) < 4.78 is 19.6. The largest absolute Gasteiger partial charge is 0.486 e. The fraction of sp³-hybridized carbons (Fsp3) is 0.312. The van der Waals surface area contributed by atoms with Gasteiger partial charge in [0.1, 0.15) is 18.2 Å². The molecule has 7 heteroatoms. The molecule has 0 radical (unpaired) electrons. The Morgan fingerprint density at radius 2 is 2.30 bits per heavy atom. The number of rotatable bonds is 4. The van der Waals surface area contributed by atoms with Crippen LogP contribution in [0, 0.1) is 5.82 Å². The van der Waals surface area contributed by atoms with Crippen LogP contribution in [0.5, 0.6) is 5.75 Å². The minimum Gasteiger partial charge on any atom is -0.486 e. The monoisotopic (exact) mass is 334 g/mol. The number of carbonyl (C=O) groups excluding carboxylic acids is 2. The molecule has 23 heavy (non-hydrogen) atoms. The van der Waals surface area contributed by atoms with Gasteiger partial charge in [-0.2, -0.15) is 0 Å². The van der Waals surface area contributed by atoms with E-state index in [1.807, 2.05) is 6.92 Å². The number of thiazole rings is 1. The molecular formula is C16H15FN2O3S. The highest BCUT2D eigenvalue weighted by Gasteiger charge is 2.32. The fourth-order valence-corrected chi connectivity index (χ4v) is 3.42. The molecule has 1 aliphatic carbocycles. The molecule has 0 unspecified atom stereocenters. The number of carbonyl (C=O) groups is 2. The van der Waals surface area contributed by atoms with Gasteiger partial charge >= 0.3 is 0 Å². The van der Waals surface area contributed by atoms with Crippen molar-refractivity contribution in [2.24, 2.45) is 0 Å². The highest BCUT2D eigenvalue weighted by molar-refractivity contribution is 7.13. The van der Waals surface area contributed by atoms with Crippen LogP contribution in [-0.4, -0.2) is 16.7 Å². The van der Waals surface area contributed by atoms with E-state index in [1.165, 1.54) is 30.4 Å². The average molecular weight is 334 g/mol. The number of amides is 1. The lowest BCUT2D eigenvalue weighted by molar-refractivity contribution is -0.114. The van der Waals surface area contributed by atoms with E-state index >= 15 is 0 Å². The normalized spacial score (nSPS) is 16.3. The summed E-state index contributed by atoms with van der Waals surface area (Å²) >= 11 is 1.29. The number of benzene rings is 1. The lowest BCUT2D eigenvalue weighted by Gasteiger charge is -2.11. The average Bonchev–Trinajstić information content (AvgIpc) is 3.03. The van der Waals surface area contributed by atoms with Gasteiger partial charge < -0.3 is 10.1 Å². The highest BCUT2D eigenvalue weighted by atomic mass is 32.1. The van der Waals surface area contributed by atoms with Crippen molar-refractivity contribution >= 4 is 28.2 Å². The molecule has 0 fully saturated rings. The van der Waals surface area contributed by atoms with Crippen molar-refractivity contribution in [1.29, 1.82) is 0 Å². The molecule has 1 amide bonds. The van der Waals surface area contributed by atoms with E-state index in [2.05, 4.69) is 10.3 Å². The van der Waals surface area contributed by atoms with Crippen molar-refractivity contribution in [3.8, 4) is 5.75 Å². The van der Waals surface area contributed by atoms with Gasteiger partial charge in [0, 0.05) is 24.3 Å². The molecule has 0 saturated carbocycles. The van der Waals surface area contributed by atoms with Gasteiger partial charge in [-0.3, -0.25) is 9.59 Å². The minimum atomic E-state index is -0.368. The van der Waals surface area contributed by atoms with E-state index in [0.717, 1.165) is 0 Å². The number of anilines is 1. The van der Waals surface area contributed by atoms with Crippen molar-refractivity contribution in [2.45, 2.75) is 32.8 Å². The summed E-state index contributed by atoms with van der Waals surface area (Å²) in [6.07, 6.45) is 0.302. The zero-order chi connectivity index (χ0) is 16.6. The van der Waals surface area contributed by atoms with Crippen LogP contribution in [0.25, 0.3) is 0 Å². The van der Waals surface area contributed by atoms with Crippen molar-refractivity contribution in [3.63, 3.8) is 0 Å². The van der Waals surface area contributed by atoms with E-state index in [9.17, 15) is 14.0 Å². The van der Waals surface area contributed by atoms with E-state index in [-0.39, 0.29) is 30.0 Å². The van der Waals surface area contributed by atoms with Gasteiger partial charge in [0.05, 0.1) is 11.3 Å². The Morgan fingerprint density at radius 3 is 3.04 bits per heavy atom. The van der Waals surface area contributed by atoms with Crippen LogP contribution in [0.1, 0.15) is 47.8 Å². The van der Waals surface area contributed by atoms with Crippen LogP contribution in [-0.2, 0) is 11.4 Å². The second-order valence-corrected chi connectivity index (χ2v) is 6.33. The molecule has 1 atom stereocenters. The van der Waals surface area contributed by atoms with Crippen LogP contribution in [0.4, 0.5) is 9.52 Å². The topological polar surface area (TPSA) is 68.3 Å². The Kier molecular flexibility index (Phi) is 4.12. The first-order valence-corrected chi connectivity index (χ1v) is 8.04.